The van der Waals surface area contributed by atoms with E-state index in [1.54, 1.807) is 18.2 Å². The van der Waals surface area contributed by atoms with Crippen LogP contribution in [0.2, 0.25) is 5.02 Å². The third-order valence-electron chi connectivity index (χ3n) is 1.47. The van der Waals surface area contributed by atoms with Gasteiger partial charge in [-0.3, -0.25) is 4.79 Å². The molecule has 0 heterocycles. The Labute approximate surface area is 95.8 Å². The van der Waals surface area contributed by atoms with E-state index < -0.39 is 0 Å². The van der Waals surface area contributed by atoms with Crippen LogP contribution >= 0.6 is 27.5 Å². The van der Waals surface area contributed by atoms with E-state index in [2.05, 4.69) is 27.2 Å². The quantitative estimate of drug-likeness (QED) is 0.824. The van der Waals surface area contributed by atoms with Gasteiger partial charge in [-0.1, -0.05) is 33.5 Å². The topological polar surface area (TPSA) is 29.1 Å². The molecule has 0 saturated carbocycles. The minimum Gasteiger partial charge on any atom is -0.324 e. The highest BCUT2D eigenvalue weighted by atomic mass is 79.9. The van der Waals surface area contributed by atoms with Crippen molar-refractivity contribution in [3.63, 3.8) is 0 Å². The maximum atomic E-state index is 11.1. The van der Waals surface area contributed by atoms with Gasteiger partial charge in [-0.25, -0.2) is 0 Å². The van der Waals surface area contributed by atoms with Crippen LogP contribution in [-0.2, 0) is 4.79 Å². The predicted octanol–water partition coefficient (Wildman–Crippen LogP) is 3.06. The smallest absolute Gasteiger partial charge is 0.236 e. The lowest BCUT2D eigenvalue weighted by atomic mass is 10.3. The molecule has 0 aliphatic heterocycles. The summed E-state index contributed by atoms with van der Waals surface area (Å²) in [5.41, 5.74) is 0.557. The Morgan fingerprint density at radius 3 is 3.00 bits per heavy atom. The van der Waals surface area contributed by atoms with Gasteiger partial charge in [0.05, 0.1) is 17.1 Å². The van der Waals surface area contributed by atoms with Gasteiger partial charge >= 0.3 is 0 Å². The van der Waals surface area contributed by atoms with E-state index in [4.69, 9.17) is 18.0 Å². The summed E-state index contributed by atoms with van der Waals surface area (Å²) in [6, 6.07) is 5.20. The Kier molecular flexibility index (Phi) is 3.99. The fourth-order valence-electron chi connectivity index (χ4n) is 0.880. The van der Waals surface area contributed by atoms with E-state index >= 15 is 0 Å². The van der Waals surface area contributed by atoms with E-state index in [-0.39, 0.29) is 12.3 Å². The second kappa shape index (κ2) is 5.04. The van der Waals surface area contributed by atoms with E-state index in [1.165, 1.54) is 0 Å². The minimum absolute atomic E-state index is 0.0445. The van der Waals surface area contributed by atoms with Crippen molar-refractivity contribution in [2.75, 3.05) is 5.32 Å². The Morgan fingerprint density at radius 1 is 1.64 bits per heavy atom. The summed E-state index contributed by atoms with van der Waals surface area (Å²) in [4.78, 5) is 11.1. The summed E-state index contributed by atoms with van der Waals surface area (Å²) in [6.07, 6.45) is 5.04. The average Bonchev–Trinajstić information content (AvgIpc) is 2.12. The van der Waals surface area contributed by atoms with Gasteiger partial charge < -0.3 is 5.32 Å². The summed E-state index contributed by atoms with van der Waals surface area (Å²) in [5, 5.41) is 3.09. The number of hydrogen-bond donors (Lipinski definition) is 1. The molecule has 72 valence electrons. The third kappa shape index (κ3) is 3.06. The molecular weight excluding hydrogens is 265 g/mol. The number of hydrogen-bond acceptors (Lipinski definition) is 1. The number of nitrogens with one attached hydrogen (secondary N) is 1. The molecule has 0 aromatic heterocycles. The summed E-state index contributed by atoms with van der Waals surface area (Å²) in [5.74, 6) is 2.01. The van der Waals surface area contributed by atoms with E-state index in [0.29, 0.717) is 10.7 Å². The molecule has 0 atom stereocenters. The molecular formula is C10H7BrClNO. The predicted molar refractivity (Wildman–Crippen MR) is 61.2 cm³/mol. The molecule has 14 heavy (non-hydrogen) atoms. The Balaban J connectivity index is 2.81. The third-order valence-corrected chi connectivity index (χ3v) is 2.29. The number of rotatable bonds is 2. The molecule has 0 fully saturated rings. The first-order valence-corrected chi connectivity index (χ1v) is 4.99. The molecule has 1 amide bonds. The lowest BCUT2D eigenvalue weighted by Gasteiger charge is -2.05. The lowest BCUT2D eigenvalue weighted by molar-refractivity contribution is -0.115. The van der Waals surface area contributed by atoms with Crippen molar-refractivity contribution < 1.29 is 4.79 Å². The zero-order valence-electron chi connectivity index (χ0n) is 7.18. The average molecular weight is 273 g/mol. The largest absolute Gasteiger partial charge is 0.324 e. The van der Waals surface area contributed by atoms with Crippen molar-refractivity contribution in [3.05, 3.63) is 27.7 Å². The fraction of sp³-hybridized carbons (Fsp3) is 0.100. The van der Waals surface area contributed by atoms with Gasteiger partial charge in [-0.15, -0.1) is 6.42 Å². The van der Waals surface area contributed by atoms with Crippen molar-refractivity contribution in [3.8, 4) is 12.3 Å². The zero-order chi connectivity index (χ0) is 10.6. The molecule has 0 radical (unpaired) electrons. The van der Waals surface area contributed by atoms with Crippen LogP contribution in [0.3, 0.4) is 0 Å². The molecule has 1 aromatic carbocycles. The maximum Gasteiger partial charge on any atom is 0.236 e. The van der Waals surface area contributed by atoms with Gasteiger partial charge in [0.2, 0.25) is 5.91 Å². The van der Waals surface area contributed by atoms with Gasteiger partial charge in [0.15, 0.2) is 0 Å². The SMILES string of the molecule is C#CCC(=O)Nc1cc(Br)ccc1Cl. The first-order valence-electron chi connectivity index (χ1n) is 3.82. The molecule has 0 aliphatic rings. The number of anilines is 1. The molecule has 0 bridgehead atoms. The van der Waals surface area contributed by atoms with Crippen molar-refractivity contribution in [2.45, 2.75) is 6.42 Å². The number of halogens is 2. The monoisotopic (exact) mass is 271 g/mol. The summed E-state index contributed by atoms with van der Waals surface area (Å²) in [6.45, 7) is 0. The van der Waals surface area contributed by atoms with Crippen molar-refractivity contribution in [1.82, 2.24) is 0 Å². The molecule has 4 heteroatoms. The van der Waals surface area contributed by atoms with E-state index in [0.717, 1.165) is 4.47 Å². The fourth-order valence-corrected chi connectivity index (χ4v) is 1.41. The Morgan fingerprint density at radius 2 is 2.36 bits per heavy atom. The van der Waals surface area contributed by atoms with Gasteiger partial charge in [-0.2, -0.15) is 0 Å². The second-order valence-corrected chi connectivity index (χ2v) is 3.88. The molecule has 1 aromatic rings. The maximum absolute atomic E-state index is 11.1. The first-order chi connectivity index (χ1) is 6.63. The highest BCUT2D eigenvalue weighted by molar-refractivity contribution is 9.10. The van der Waals surface area contributed by atoms with Crippen LogP contribution in [0.1, 0.15) is 6.42 Å². The summed E-state index contributed by atoms with van der Waals surface area (Å²) >= 11 is 9.13. The summed E-state index contributed by atoms with van der Waals surface area (Å²) < 4.78 is 0.845. The molecule has 0 aliphatic carbocycles. The first kappa shape index (κ1) is 11.1. The van der Waals surface area contributed by atoms with E-state index in [1.807, 2.05) is 0 Å². The van der Waals surface area contributed by atoms with Crippen LogP contribution in [0.5, 0.6) is 0 Å². The van der Waals surface area contributed by atoms with Crippen molar-refractivity contribution in [1.29, 1.82) is 0 Å². The van der Waals surface area contributed by atoms with Gasteiger partial charge in [0.25, 0.3) is 0 Å². The van der Waals surface area contributed by atoms with Crippen LogP contribution < -0.4 is 5.32 Å². The lowest BCUT2D eigenvalue weighted by Crippen LogP contribution is -2.10. The highest BCUT2D eigenvalue weighted by Crippen LogP contribution is 2.25. The zero-order valence-corrected chi connectivity index (χ0v) is 9.52. The van der Waals surface area contributed by atoms with Crippen LogP contribution in [0.15, 0.2) is 22.7 Å². The highest BCUT2D eigenvalue weighted by Gasteiger charge is 2.04. The number of amides is 1. The Hall–Kier alpha value is -0.980. The number of benzene rings is 1. The number of carbonyl (C=O) groups is 1. The normalized spacial score (nSPS) is 9.21. The van der Waals surface area contributed by atoms with Crippen molar-refractivity contribution >= 4 is 39.1 Å². The van der Waals surface area contributed by atoms with Gasteiger partial charge in [0.1, 0.15) is 0 Å². The van der Waals surface area contributed by atoms with Gasteiger partial charge in [0, 0.05) is 4.47 Å². The molecule has 1 rings (SSSR count). The Bertz CT molecular complexity index is 398. The standard InChI is InChI=1S/C10H7BrClNO/c1-2-3-10(14)13-9-6-7(11)4-5-8(9)12/h1,4-6H,3H2,(H,13,14). The molecule has 0 saturated heterocycles. The molecule has 1 N–H and O–H groups in total. The minimum atomic E-state index is -0.243. The van der Waals surface area contributed by atoms with Crippen LogP contribution in [0, 0.1) is 12.3 Å². The summed E-state index contributed by atoms with van der Waals surface area (Å²) in [7, 11) is 0. The van der Waals surface area contributed by atoms with Crippen LogP contribution in [-0.4, -0.2) is 5.91 Å². The number of terminal acetylenes is 1. The molecule has 0 unspecified atom stereocenters. The van der Waals surface area contributed by atoms with Crippen LogP contribution in [0.25, 0.3) is 0 Å². The molecule has 2 nitrogen and oxygen atoms in total. The van der Waals surface area contributed by atoms with Crippen LogP contribution in [0.4, 0.5) is 5.69 Å². The number of carbonyl (C=O) groups excluding carboxylic acids is 1. The second-order valence-electron chi connectivity index (χ2n) is 2.55. The van der Waals surface area contributed by atoms with Crippen molar-refractivity contribution in [2.24, 2.45) is 0 Å². The molecule has 0 spiro atoms. The van der Waals surface area contributed by atoms with E-state index in [9.17, 15) is 4.79 Å². The van der Waals surface area contributed by atoms with Gasteiger partial charge in [-0.05, 0) is 18.2 Å².